The van der Waals surface area contributed by atoms with Crippen LogP contribution in [-0.4, -0.2) is 35.5 Å². The van der Waals surface area contributed by atoms with E-state index in [1.807, 2.05) is 65.7 Å². The molecular formula is C22H22N2O3S. The number of aryl methyl sites for hydroxylation is 1. The lowest BCUT2D eigenvalue weighted by atomic mass is 10.1. The largest absolute Gasteiger partial charge is 0.487 e. The molecule has 28 heavy (non-hydrogen) atoms. The van der Waals surface area contributed by atoms with E-state index in [1.165, 1.54) is 0 Å². The quantitative estimate of drug-likeness (QED) is 0.649. The minimum absolute atomic E-state index is 0.000756. The molecule has 4 rings (SSSR count). The Balaban J connectivity index is 1.42. The summed E-state index contributed by atoms with van der Waals surface area (Å²) < 4.78 is 11.7. The van der Waals surface area contributed by atoms with Crippen LogP contribution in [0.2, 0.25) is 0 Å². The monoisotopic (exact) mass is 394 g/mol. The number of hydrogen-bond donors (Lipinski definition) is 0. The van der Waals surface area contributed by atoms with E-state index >= 15 is 0 Å². The highest BCUT2D eigenvalue weighted by Crippen LogP contribution is 2.24. The van der Waals surface area contributed by atoms with Gasteiger partial charge in [-0.3, -0.25) is 4.79 Å². The molecule has 1 saturated heterocycles. The van der Waals surface area contributed by atoms with E-state index in [-0.39, 0.29) is 12.0 Å². The van der Waals surface area contributed by atoms with Gasteiger partial charge in [-0.25, -0.2) is 4.98 Å². The Bertz CT molecular complexity index is 942. The number of thiazole rings is 1. The smallest absolute Gasteiger partial charge is 0.254 e. The maximum absolute atomic E-state index is 13.0. The Hall–Kier alpha value is -2.70. The molecule has 0 N–H and O–H groups in total. The first kappa shape index (κ1) is 18.7. The number of carbonyl (C=O) groups is 1. The summed E-state index contributed by atoms with van der Waals surface area (Å²) in [5, 5.41) is 3.00. The predicted octanol–water partition coefficient (Wildman–Crippen LogP) is 4.24. The zero-order chi connectivity index (χ0) is 19.3. The van der Waals surface area contributed by atoms with Crippen molar-refractivity contribution >= 4 is 17.2 Å². The van der Waals surface area contributed by atoms with Crippen LogP contribution in [0.25, 0.3) is 0 Å². The van der Waals surface area contributed by atoms with E-state index in [9.17, 15) is 4.79 Å². The molecule has 1 atom stereocenters. The number of hydrogen-bond acceptors (Lipinski definition) is 5. The van der Waals surface area contributed by atoms with E-state index in [4.69, 9.17) is 9.47 Å². The van der Waals surface area contributed by atoms with E-state index in [0.29, 0.717) is 37.6 Å². The fourth-order valence-corrected chi connectivity index (χ4v) is 3.83. The SMILES string of the molecule is Cc1nc(COc2cccc(C(=O)N3CCOC(c4ccccc4)C3)c2)cs1. The molecule has 0 radical (unpaired) electrons. The van der Waals surface area contributed by atoms with E-state index in [2.05, 4.69) is 4.98 Å². The summed E-state index contributed by atoms with van der Waals surface area (Å²) in [5.41, 5.74) is 2.62. The van der Waals surface area contributed by atoms with Crippen LogP contribution in [0.1, 0.15) is 32.7 Å². The first-order chi connectivity index (χ1) is 13.7. The van der Waals surface area contributed by atoms with Gasteiger partial charge in [-0.15, -0.1) is 11.3 Å². The molecule has 144 valence electrons. The first-order valence-corrected chi connectivity index (χ1v) is 10.2. The molecule has 0 spiro atoms. The fraction of sp³-hybridized carbons (Fsp3) is 0.273. The average Bonchev–Trinajstić information content (AvgIpc) is 3.18. The molecule has 1 fully saturated rings. The number of ether oxygens (including phenoxy) is 2. The van der Waals surface area contributed by atoms with Crippen molar-refractivity contribution in [1.29, 1.82) is 0 Å². The van der Waals surface area contributed by atoms with Gasteiger partial charge >= 0.3 is 0 Å². The van der Waals surface area contributed by atoms with Crippen LogP contribution in [0.5, 0.6) is 5.75 Å². The lowest BCUT2D eigenvalue weighted by molar-refractivity contribution is -0.0228. The minimum atomic E-state index is -0.0914. The molecule has 1 unspecified atom stereocenters. The van der Waals surface area contributed by atoms with Crippen LogP contribution >= 0.6 is 11.3 Å². The van der Waals surface area contributed by atoms with Gasteiger partial charge in [0.2, 0.25) is 0 Å². The van der Waals surface area contributed by atoms with Crippen LogP contribution in [0.15, 0.2) is 60.0 Å². The fourth-order valence-electron chi connectivity index (χ4n) is 3.24. The Morgan fingerprint density at radius 2 is 2.11 bits per heavy atom. The van der Waals surface area contributed by atoms with Crippen LogP contribution in [0, 0.1) is 6.92 Å². The third kappa shape index (κ3) is 4.40. The van der Waals surface area contributed by atoms with Gasteiger partial charge in [-0.05, 0) is 30.7 Å². The summed E-state index contributed by atoms with van der Waals surface area (Å²) in [6.07, 6.45) is -0.0914. The van der Waals surface area contributed by atoms with Crippen molar-refractivity contribution in [3.63, 3.8) is 0 Å². The molecule has 3 aromatic rings. The summed E-state index contributed by atoms with van der Waals surface area (Å²) in [6, 6.07) is 17.4. The van der Waals surface area contributed by atoms with Gasteiger partial charge in [-0.1, -0.05) is 36.4 Å². The van der Waals surface area contributed by atoms with Crippen molar-refractivity contribution in [3.05, 3.63) is 81.8 Å². The number of amides is 1. The normalized spacial score (nSPS) is 16.8. The predicted molar refractivity (Wildman–Crippen MR) is 109 cm³/mol. The summed E-state index contributed by atoms with van der Waals surface area (Å²) in [6.45, 7) is 4.04. The lowest BCUT2D eigenvalue weighted by Gasteiger charge is -2.33. The molecule has 5 nitrogen and oxygen atoms in total. The molecule has 1 aliphatic heterocycles. The molecule has 6 heteroatoms. The van der Waals surface area contributed by atoms with Crippen molar-refractivity contribution in [3.8, 4) is 5.75 Å². The number of nitrogens with zero attached hydrogens (tertiary/aromatic N) is 2. The molecule has 2 aromatic carbocycles. The molecular weight excluding hydrogens is 372 g/mol. The van der Waals surface area contributed by atoms with Gasteiger partial charge in [-0.2, -0.15) is 0 Å². The van der Waals surface area contributed by atoms with Crippen molar-refractivity contribution in [2.75, 3.05) is 19.7 Å². The van der Waals surface area contributed by atoms with E-state index in [1.54, 1.807) is 17.4 Å². The maximum Gasteiger partial charge on any atom is 0.254 e. The third-order valence-electron chi connectivity index (χ3n) is 4.66. The summed E-state index contributed by atoms with van der Waals surface area (Å²) in [4.78, 5) is 19.3. The summed E-state index contributed by atoms with van der Waals surface area (Å²) >= 11 is 1.60. The third-order valence-corrected chi connectivity index (χ3v) is 5.48. The minimum Gasteiger partial charge on any atom is -0.487 e. The Labute approximate surface area is 168 Å². The van der Waals surface area contributed by atoms with Gasteiger partial charge in [0, 0.05) is 17.5 Å². The van der Waals surface area contributed by atoms with Crippen molar-refractivity contribution in [2.45, 2.75) is 19.6 Å². The average molecular weight is 394 g/mol. The highest BCUT2D eigenvalue weighted by atomic mass is 32.1. The zero-order valence-electron chi connectivity index (χ0n) is 15.7. The lowest BCUT2D eigenvalue weighted by Crippen LogP contribution is -2.42. The molecule has 1 aromatic heterocycles. The number of carbonyl (C=O) groups excluding carboxylic acids is 1. The second kappa shape index (κ2) is 8.54. The molecule has 0 bridgehead atoms. The van der Waals surface area contributed by atoms with Crippen molar-refractivity contribution < 1.29 is 14.3 Å². The van der Waals surface area contributed by atoms with Crippen LogP contribution in [0.3, 0.4) is 0 Å². The van der Waals surface area contributed by atoms with Gasteiger partial charge in [0.25, 0.3) is 5.91 Å². The number of aromatic nitrogens is 1. The molecule has 0 aliphatic carbocycles. The Morgan fingerprint density at radius 3 is 2.89 bits per heavy atom. The molecule has 0 saturated carbocycles. The van der Waals surface area contributed by atoms with Gasteiger partial charge in [0.05, 0.1) is 23.9 Å². The van der Waals surface area contributed by atoms with E-state index < -0.39 is 0 Å². The second-order valence-corrected chi connectivity index (χ2v) is 7.76. The Morgan fingerprint density at radius 1 is 1.25 bits per heavy atom. The van der Waals surface area contributed by atoms with Crippen LogP contribution in [0.4, 0.5) is 0 Å². The topological polar surface area (TPSA) is 51.7 Å². The number of morpholine rings is 1. The summed E-state index contributed by atoms with van der Waals surface area (Å²) in [7, 11) is 0. The summed E-state index contributed by atoms with van der Waals surface area (Å²) in [5.74, 6) is 0.670. The maximum atomic E-state index is 13.0. The molecule has 1 aliphatic rings. The molecule has 2 heterocycles. The molecule has 1 amide bonds. The highest BCUT2D eigenvalue weighted by Gasteiger charge is 2.26. The zero-order valence-corrected chi connectivity index (χ0v) is 16.5. The second-order valence-electron chi connectivity index (χ2n) is 6.70. The van der Waals surface area contributed by atoms with Gasteiger partial charge in [0.1, 0.15) is 18.5 Å². The van der Waals surface area contributed by atoms with Gasteiger partial charge < -0.3 is 14.4 Å². The standard InChI is InChI=1S/C22H22N2O3S/c1-16-23-19(15-28-16)14-27-20-9-5-8-18(12-20)22(25)24-10-11-26-21(13-24)17-6-3-2-4-7-17/h2-9,12,15,21H,10-11,13-14H2,1H3. The van der Waals surface area contributed by atoms with Crippen molar-refractivity contribution in [1.82, 2.24) is 9.88 Å². The van der Waals surface area contributed by atoms with E-state index in [0.717, 1.165) is 16.3 Å². The Kier molecular flexibility index (Phi) is 5.69. The van der Waals surface area contributed by atoms with Gasteiger partial charge in [0.15, 0.2) is 0 Å². The van der Waals surface area contributed by atoms with Crippen LogP contribution < -0.4 is 4.74 Å². The van der Waals surface area contributed by atoms with Crippen molar-refractivity contribution in [2.24, 2.45) is 0 Å². The highest BCUT2D eigenvalue weighted by molar-refractivity contribution is 7.09. The first-order valence-electron chi connectivity index (χ1n) is 9.29. The number of rotatable bonds is 5. The van der Waals surface area contributed by atoms with Crippen LogP contribution in [-0.2, 0) is 11.3 Å². The number of benzene rings is 2.